The summed E-state index contributed by atoms with van der Waals surface area (Å²) in [4.78, 5) is 23.8. The lowest BCUT2D eigenvalue weighted by atomic mass is 10.0. The number of carbonyl (C=O) groups excluding carboxylic acids is 1. The van der Waals surface area contributed by atoms with Crippen LogP contribution in [0.1, 0.15) is 11.1 Å². The summed E-state index contributed by atoms with van der Waals surface area (Å²) in [6, 6.07) is 5.57. The van der Waals surface area contributed by atoms with Gasteiger partial charge in [0.15, 0.2) is 0 Å². The Labute approximate surface area is 99.2 Å². The maximum absolute atomic E-state index is 11.5. The van der Waals surface area contributed by atoms with Gasteiger partial charge in [0.2, 0.25) is 5.91 Å². The van der Waals surface area contributed by atoms with Gasteiger partial charge in [0, 0.05) is 24.7 Å². The third-order valence-electron chi connectivity index (χ3n) is 2.94. The summed E-state index contributed by atoms with van der Waals surface area (Å²) in [5, 5.41) is 8.76. The summed E-state index contributed by atoms with van der Waals surface area (Å²) in [5.41, 5.74) is 2.88. The minimum atomic E-state index is -0.987. The molecule has 0 aliphatic carbocycles. The van der Waals surface area contributed by atoms with E-state index in [0.717, 1.165) is 16.8 Å². The van der Waals surface area contributed by atoms with Gasteiger partial charge in [-0.3, -0.25) is 4.79 Å². The molecular formula is C13H13NO3. The zero-order valence-corrected chi connectivity index (χ0v) is 9.56. The smallest absolute Gasteiger partial charge is 0.331 e. The predicted molar refractivity (Wildman–Crippen MR) is 64.0 cm³/mol. The molecule has 17 heavy (non-hydrogen) atoms. The molecule has 1 N–H and O–H groups in total. The van der Waals surface area contributed by atoms with Gasteiger partial charge in [0.1, 0.15) is 0 Å². The number of benzene rings is 1. The monoisotopic (exact) mass is 231 g/mol. The van der Waals surface area contributed by atoms with E-state index in [1.807, 2.05) is 18.2 Å². The normalized spacial score (nSPS) is 13.7. The van der Waals surface area contributed by atoms with Crippen LogP contribution in [0.5, 0.6) is 0 Å². The first-order valence-corrected chi connectivity index (χ1v) is 5.28. The number of hydrogen-bond donors (Lipinski definition) is 1. The Morgan fingerprint density at radius 2 is 2.24 bits per heavy atom. The van der Waals surface area contributed by atoms with E-state index in [4.69, 9.17) is 5.11 Å². The minimum Gasteiger partial charge on any atom is -0.478 e. The zero-order valence-electron chi connectivity index (χ0n) is 9.56. The van der Waals surface area contributed by atoms with Crippen LogP contribution in [0.3, 0.4) is 0 Å². The van der Waals surface area contributed by atoms with Crippen LogP contribution in [0.4, 0.5) is 5.69 Å². The molecule has 0 unspecified atom stereocenters. The van der Waals surface area contributed by atoms with E-state index in [1.54, 1.807) is 11.9 Å². The van der Waals surface area contributed by atoms with Crippen LogP contribution in [0, 0.1) is 0 Å². The van der Waals surface area contributed by atoms with Gasteiger partial charge in [0.25, 0.3) is 0 Å². The molecule has 0 spiro atoms. The summed E-state index contributed by atoms with van der Waals surface area (Å²) in [5.74, 6) is -0.923. The highest BCUT2D eigenvalue weighted by Gasteiger charge is 2.23. The first-order valence-electron chi connectivity index (χ1n) is 5.28. The second-order valence-corrected chi connectivity index (χ2v) is 4.18. The number of likely N-dealkylation sites (N-methyl/N-ethyl adjacent to an activating group) is 1. The van der Waals surface area contributed by atoms with Gasteiger partial charge in [0.05, 0.1) is 6.42 Å². The topological polar surface area (TPSA) is 57.6 Å². The lowest BCUT2D eigenvalue weighted by molar-refractivity contribution is -0.132. The molecule has 0 saturated carbocycles. The third-order valence-corrected chi connectivity index (χ3v) is 2.94. The second kappa shape index (κ2) is 4.05. The molecule has 0 bridgehead atoms. The Morgan fingerprint density at radius 3 is 2.88 bits per heavy atom. The lowest BCUT2D eigenvalue weighted by Gasteiger charge is -2.10. The van der Waals surface area contributed by atoms with Crippen LogP contribution in [-0.2, 0) is 22.4 Å². The molecule has 88 valence electrons. The molecular weight excluding hydrogens is 218 g/mol. The molecule has 1 aliphatic rings. The summed E-state index contributed by atoms with van der Waals surface area (Å²) in [7, 11) is 1.74. The van der Waals surface area contributed by atoms with E-state index in [2.05, 4.69) is 6.58 Å². The SMILES string of the molecule is C=C(Cc1ccc2c(c1)CC(=O)N2C)C(=O)O. The van der Waals surface area contributed by atoms with E-state index in [0.29, 0.717) is 12.8 Å². The van der Waals surface area contributed by atoms with Crippen molar-refractivity contribution in [3.63, 3.8) is 0 Å². The molecule has 0 saturated heterocycles. The standard InChI is InChI=1S/C13H13NO3/c1-8(13(16)17)5-9-3-4-11-10(6-9)7-12(15)14(11)2/h3-4,6H,1,5,7H2,2H3,(H,16,17). The van der Waals surface area contributed by atoms with Crippen molar-refractivity contribution in [2.45, 2.75) is 12.8 Å². The molecule has 0 aromatic heterocycles. The fourth-order valence-corrected chi connectivity index (χ4v) is 1.96. The van der Waals surface area contributed by atoms with Crippen molar-refractivity contribution in [1.82, 2.24) is 0 Å². The molecule has 0 radical (unpaired) electrons. The Balaban J connectivity index is 2.25. The zero-order chi connectivity index (χ0) is 12.6. The van der Waals surface area contributed by atoms with E-state index in [1.165, 1.54) is 0 Å². The van der Waals surface area contributed by atoms with Crippen molar-refractivity contribution < 1.29 is 14.7 Å². The van der Waals surface area contributed by atoms with Crippen LogP contribution in [-0.4, -0.2) is 24.0 Å². The van der Waals surface area contributed by atoms with Crippen LogP contribution in [0.25, 0.3) is 0 Å². The van der Waals surface area contributed by atoms with Crippen molar-refractivity contribution in [2.24, 2.45) is 0 Å². The summed E-state index contributed by atoms with van der Waals surface area (Å²) in [6.07, 6.45) is 0.694. The highest BCUT2D eigenvalue weighted by atomic mass is 16.4. The van der Waals surface area contributed by atoms with E-state index in [9.17, 15) is 9.59 Å². The number of aliphatic carboxylic acids is 1. The number of fused-ring (bicyclic) bond motifs is 1. The number of carboxylic acids is 1. The fourth-order valence-electron chi connectivity index (χ4n) is 1.96. The number of anilines is 1. The quantitative estimate of drug-likeness (QED) is 0.800. The number of carboxylic acid groups (broad SMARTS) is 1. The van der Waals surface area contributed by atoms with Gasteiger partial charge in [-0.15, -0.1) is 0 Å². The Bertz CT molecular complexity index is 519. The van der Waals surface area contributed by atoms with E-state index in [-0.39, 0.29) is 11.5 Å². The predicted octanol–water partition coefficient (Wildman–Crippen LogP) is 1.39. The molecule has 1 heterocycles. The van der Waals surface area contributed by atoms with Gasteiger partial charge in [-0.25, -0.2) is 4.79 Å². The van der Waals surface area contributed by atoms with Gasteiger partial charge < -0.3 is 10.0 Å². The van der Waals surface area contributed by atoms with Crippen molar-refractivity contribution in [3.05, 3.63) is 41.5 Å². The number of nitrogens with zero attached hydrogens (tertiary/aromatic N) is 1. The van der Waals surface area contributed by atoms with Crippen molar-refractivity contribution in [2.75, 3.05) is 11.9 Å². The van der Waals surface area contributed by atoms with E-state index >= 15 is 0 Å². The van der Waals surface area contributed by atoms with Crippen LogP contribution >= 0.6 is 0 Å². The first kappa shape index (κ1) is 11.4. The lowest BCUT2D eigenvalue weighted by Crippen LogP contribution is -2.20. The van der Waals surface area contributed by atoms with Crippen LogP contribution < -0.4 is 4.90 Å². The van der Waals surface area contributed by atoms with E-state index < -0.39 is 5.97 Å². The van der Waals surface area contributed by atoms with Gasteiger partial charge in [-0.2, -0.15) is 0 Å². The summed E-state index contributed by atoms with van der Waals surface area (Å²) < 4.78 is 0. The molecule has 2 rings (SSSR count). The summed E-state index contributed by atoms with van der Waals surface area (Å²) >= 11 is 0. The average molecular weight is 231 g/mol. The molecule has 1 aromatic rings. The van der Waals surface area contributed by atoms with Gasteiger partial charge in [-0.05, 0) is 17.2 Å². The van der Waals surface area contributed by atoms with Crippen LogP contribution in [0.15, 0.2) is 30.4 Å². The molecule has 1 amide bonds. The Hall–Kier alpha value is -2.10. The maximum Gasteiger partial charge on any atom is 0.331 e. The molecule has 1 aromatic carbocycles. The average Bonchev–Trinajstić information content (AvgIpc) is 2.54. The van der Waals surface area contributed by atoms with Crippen molar-refractivity contribution in [1.29, 1.82) is 0 Å². The molecule has 1 aliphatic heterocycles. The summed E-state index contributed by atoms with van der Waals surface area (Å²) in [6.45, 7) is 3.50. The third kappa shape index (κ3) is 2.06. The molecule has 4 heteroatoms. The Morgan fingerprint density at radius 1 is 1.53 bits per heavy atom. The maximum atomic E-state index is 11.5. The number of rotatable bonds is 3. The Kier molecular flexibility index (Phi) is 2.71. The number of hydrogen-bond acceptors (Lipinski definition) is 2. The minimum absolute atomic E-state index is 0.0641. The van der Waals surface area contributed by atoms with Crippen LogP contribution in [0.2, 0.25) is 0 Å². The molecule has 0 atom stereocenters. The highest BCUT2D eigenvalue weighted by Crippen LogP contribution is 2.28. The fraction of sp³-hybridized carbons (Fsp3) is 0.231. The van der Waals surface area contributed by atoms with Crippen molar-refractivity contribution >= 4 is 17.6 Å². The highest BCUT2D eigenvalue weighted by molar-refractivity contribution is 6.01. The van der Waals surface area contributed by atoms with Gasteiger partial charge >= 0.3 is 5.97 Å². The molecule has 4 nitrogen and oxygen atoms in total. The second-order valence-electron chi connectivity index (χ2n) is 4.18. The number of carbonyl (C=O) groups is 2. The number of amides is 1. The molecule has 0 fully saturated rings. The van der Waals surface area contributed by atoms with Crippen molar-refractivity contribution in [3.8, 4) is 0 Å². The van der Waals surface area contributed by atoms with Gasteiger partial charge in [-0.1, -0.05) is 18.7 Å². The first-order chi connectivity index (χ1) is 7.99. The largest absolute Gasteiger partial charge is 0.478 e.